The molecule has 0 aliphatic heterocycles. The smallest absolute Gasteiger partial charge is 0.0461 e. The van der Waals surface area contributed by atoms with E-state index < -0.39 is 0 Å². The van der Waals surface area contributed by atoms with Crippen LogP contribution in [0.3, 0.4) is 0 Å². The van der Waals surface area contributed by atoms with Gasteiger partial charge < -0.3 is 4.90 Å². The van der Waals surface area contributed by atoms with E-state index in [1.165, 1.54) is 16.8 Å². The normalized spacial score (nSPS) is 16.9. The van der Waals surface area contributed by atoms with Crippen molar-refractivity contribution in [2.45, 2.75) is 33.6 Å². The fourth-order valence-corrected chi connectivity index (χ4v) is 2.81. The van der Waals surface area contributed by atoms with Gasteiger partial charge in [-0.2, -0.15) is 0 Å². The van der Waals surface area contributed by atoms with Crippen molar-refractivity contribution < 1.29 is 0 Å². The van der Waals surface area contributed by atoms with Gasteiger partial charge in [0.15, 0.2) is 0 Å². The first-order chi connectivity index (χ1) is 11.0. The average molecular weight is 305 g/mol. The van der Waals surface area contributed by atoms with Crippen LogP contribution >= 0.6 is 0 Å². The van der Waals surface area contributed by atoms with Crippen LogP contribution in [0.25, 0.3) is 0 Å². The topological polar surface area (TPSA) is 3.24 Å². The molecule has 0 saturated carbocycles. The van der Waals surface area contributed by atoms with Crippen LogP contribution in [0.4, 0.5) is 5.69 Å². The molecule has 23 heavy (non-hydrogen) atoms. The lowest BCUT2D eigenvalue weighted by Gasteiger charge is -2.31. The molecule has 1 aromatic rings. The minimum absolute atomic E-state index is 0.578. The van der Waals surface area contributed by atoms with Gasteiger partial charge in [0, 0.05) is 17.1 Å². The largest absolute Gasteiger partial charge is 0.311 e. The summed E-state index contributed by atoms with van der Waals surface area (Å²) in [4.78, 5) is 2.21. The SMILES string of the molecule is C=CC(=C)N(C1=C(CC=C(C)C)CC(C)C=C1)c1ccccc1. The Kier molecular flexibility index (Phi) is 5.81. The lowest BCUT2D eigenvalue weighted by molar-refractivity contribution is 0.684. The minimum Gasteiger partial charge on any atom is -0.311 e. The molecule has 0 fully saturated rings. The van der Waals surface area contributed by atoms with E-state index in [0.29, 0.717) is 5.92 Å². The summed E-state index contributed by atoms with van der Waals surface area (Å²) >= 11 is 0. The molecule has 0 heterocycles. The molecule has 1 heteroatoms. The molecule has 1 nitrogen and oxygen atoms in total. The molecule has 2 rings (SSSR count). The fraction of sp³-hybridized carbons (Fsp3) is 0.273. The standard InChI is InChI=1S/C22H27N/c1-6-19(5)23(21-10-8-7-9-11-21)22-15-13-18(4)16-20(22)14-12-17(2)3/h6-13,15,18H,1,5,14,16H2,2-4H3. The monoisotopic (exact) mass is 305 g/mol. The van der Waals surface area contributed by atoms with Gasteiger partial charge in [0.2, 0.25) is 0 Å². The molecule has 0 amide bonds. The molecule has 0 radical (unpaired) electrons. The Labute approximate surface area is 141 Å². The van der Waals surface area contributed by atoms with E-state index in [4.69, 9.17) is 0 Å². The van der Waals surface area contributed by atoms with Crippen LogP contribution < -0.4 is 4.90 Å². The molecule has 1 aliphatic rings. The van der Waals surface area contributed by atoms with E-state index in [9.17, 15) is 0 Å². The molecule has 0 N–H and O–H groups in total. The molecular formula is C22H27N. The zero-order chi connectivity index (χ0) is 16.8. The first-order valence-electron chi connectivity index (χ1n) is 8.23. The van der Waals surface area contributed by atoms with Crippen LogP contribution in [0, 0.1) is 5.92 Å². The molecule has 0 spiro atoms. The highest BCUT2D eigenvalue weighted by Crippen LogP contribution is 2.33. The first kappa shape index (κ1) is 17.1. The summed E-state index contributed by atoms with van der Waals surface area (Å²) in [6.07, 6.45) is 10.7. The number of hydrogen-bond acceptors (Lipinski definition) is 1. The van der Waals surface area contributed by atoms with E-state index in [0.717, 1.165) is 24.2 Å². The van der Waals surface area contributed by atoms with E-state index >= 15 is 0 Å². The lowest BCUT2D eigenvalue weighted by Crippen LogP contribution is -2.23. The molecule has 1 atom stereocenters. The van der Waals surface area contributed by atoms with Crippen molar-refractivity contribution in [2.75, 3.05) is 4.90 Å². The van der Waals surface area contributed by atoms with Gasteiger partial charge in [0.1, 0.15) is 0 Å². The van der Waals surface area contributed by atoms with Crippen molar-refractivity contribution in [2.24, 2.45) is 5.92 Å². The third-order valence-corrected chi connectivity index (χ3v) is 4.05. The predicted octanol–water partition coefficient (Wildman–Crippen LogP) is 6.40. The Morgan fingerprint density at radius 1 is 1.26 bits per heavy atom. The van der Waals surface area contributed by atoms with Crippen molar-refractivity contribution in [3.63, 3.8) is 0 Å². The number of hydrogen-bond donors (Lipinski definition) is 0. The van der Waals surface area contributed by atoms with Crippen molar-refractivity contribution >= 4 is 5.69 Å². The summed E-state index contributed by atoms with van der Waals surface area (Å²) in [7, 11) is 0. The van der Waals surface area contributed by atoms with E-state index in [1.807, 2.05) is 12.1 Å². The Morgan fingerprint density at radius 3 is 2.57 bits per heavy atom. The Bertz CT molecular complexity index is 654. The predicted molar refractivity (Wildman–Crippen MR) is 102 cm³/mol. The molecule has 0 aromatic heterocycles. The number of benzene rings is 1. The van der Waals surface area contributed by atoms with Gasteiger partial charge in [0.05, 0.1) is 0 Å². The molecule has 0 saturated heterocycles. The fourth-order valence-electron chi connectivity index (χ4n) is 2.81. The minimum atomic E-state index is 0.578. The van der Waals surface area contributed by atoms with Crippen molar-refractivity contribution in [3.05, 3.63) is 90.3 Å². The van der Waals surface area contributed by atoms with Crippen molar-refractivity contribution in [1.82, 2.24) is 0 Å². The second-order valence-electron chi connectivity index (χ2n) is 6.38. The molecular weight excluding hydrogens is 278 g/mol. The number of anilines is 1. The molecule has 0 bridgehead atoms. The highest BCUT2D eigenvalue weighted by molar-refractivity contribution is 5.63. The van der Waals surface area contributed by atoms with Crippen molar-refractivity contribution in [3.8, 4) is 0 Å². The lowest BCUT2D eigenvalue weighted by atomic mass is 9.90. The number of para-hydroxylation sites is 1. The van der Waals surface area contributed by atoms with Crippen LogP contribution in [0.5, 0.6) is 0 Å². The zero-order valence-corrected chi connectivity index (χ0v) is 14.5. The van der Waals surface area contributed by atoms with Gasteiger partial charge in [-0.1, -0.05) is 56.0 Å². The maximum absolute atomic E-state index is 4.20. The second kappa shape index (κ2) is 7.82. The van der Waals surface area contributed by atoms with E-state index in [-0.39, 0.29) is 0 Å². The summed E-state index contributed by atoms with van der Waals surface area (Å²) < 4.78 is 0. The number of allylic oxidation sites excluding steroid dienone is 6. The molecule has 1 aliphatic carbocycles. The first-order valence-corrected chi connectivity index (χ1v) is 8.23. The Balaban J connectivity index is 2.51. The summed E-state index contributed by atoms with van der Waals surface area (Å²) in [5, 5.41) is 0. The van der Waals surface area contributed by atoms with Gasteiger partial charge >= 0.3 is 0 Å². The van der Waals surface area contributed by atoms with Gasteiger partial charge in [-0.05, 0) is 62.5 Å². The summed E-state index contributed by atoms with van der Waals surface area (Å²) in [5.41, 5.74) is 6.07. The molecule has 120 valence electrons. The second-order valence-corrected chi connectivity index (χ2v) is 6.38. The van der Waals surface area contributed by atoms with Gasteiger partial charge in [-0.3, -0.25) is 0 Å². The van der Waals surface area contributed by atoms with Crippen LogP contribution in [0.2, 0.25) is 0 Å². The van der Waals surface area contributed by atoms with Crippen LogP contribution in [-0.4, -0.2) is 0 Å². The molecule has 1 unspecified atom stereocenters. The van der Waals surface area contributed by atoms with Gasteiger partial charge in [-0.25, -0.2) is 0 Å². The van der Waals surface area contributed by atoms with Crippen LogP contribution in [-0.2, 0) is 0 Å². The van der Waals surface area contributed by atoms with Crippen molar-refractivity contribution in [1.29, 1.82) is 0 Å². The maximum Gasteiger partial charge on any atom is 0.0461 e. The molecule has 1 aromatic carbocycles. The van der Waals surface area contributed by atoms with E-state index in [1.54, 1.807) is 0 Å². The van der Waals surface area contributed by atoms with Gasteiger partial charge in [-0.15, -0.1) is 0 Å². The highest BCUT2D eigenvalue weighted by atomic mass is 15.2. The number of nitrogens with zero attached hydrogens (tertiary/aromatic N) is 1. The van der Waals surface area contributed by atoms with E-state index in [2.05, 4.69) is 81.3 Å². The maximum atomic E-state index is 4.20. The average Bonchev–Trinajstić information content (AvgIpc) is 2.55. The number of rotatable bonds is 6. The van der Waals surface area contributed by atoms with Gasteiger partial charge in [0.25, 0.3) is 0 Å². The summed E-state index contributed by atoms with van der Waals surface area (Å²) in [5.74, 6) is 0.578. The Hall–Kier alpha value is -2.28. The third kappa shape index (κ3) is 4.35. The zero-order valence-electron chi connectivity index (χ0n) is 14.5. The third-order valence-electron chi connectivity index (χ3n) is 4.05. The van der Waals surface area contributed by atoms with Crippen LogP contribution in [0.15, 0.2) is 90.3 Å². The Morgan fingerprint density at radius 2 is 1.96 bits per heavy atom. The summed E-state index contributed by atoms with van der Waals surface area (Å²) in [6.45, 7) is 14.7. The summed E-state index contributed by atoms with van der Waals surface area (Å²) in [6, 6.07) is 10.4. The highest BCUT2D eigenvalue weighted by Gasteiger charge is 2.20. The van der Waals surface area contributed by atoms with Crippen LogP contribution in [0.1, 0.15) is 33.6 Å². The quantitative estimate of drug-likeness (QED) is 0.434.